The van der Waals surface area contributed by atoms with Gasteiger partial charge in [-0.15, -0.1) is 0 Å². The molecule has 9 rings (SSSR count). The largest absolute Gasteiger partial charge is 0.311 e. The van der Waals surface area contributed by atoms with E-state index in [2.05, 4.69) is 222 Å². The molecule has 0 unspecified atom stereocenters. The Morgan fingerprint density at radius 3 is 0.661 bits per heavy atom. The van der Waals surface area contributed by atoms with Crippen LogP contribution < -0.4 is 9.80 Å². The summed E-state index contributed by atoms with van der Waals surface area (Å²) in [5.41, 5.74) is 13.9. The van der Waals surface area contributed by atoms with Crippen molar-refractivity contribution in [2.45, 2.75) is 0 Å². The molecule has 0 amide bonds. The van der Waals surface area contributed by atoms with Crippen LogP contribution in [0.15, 0.2) is 231 Å². The highest BCUT2D eigenvalue weighted by atomic mass is 15.2. The third-order valence-corrected chi connectivity index (χ3v) is 9.85. The predicted octanol–water partition coefficient (Wildman–Crippen LogP) is 14.1. The van der Waals surface area contributed by atoms with Crippen LogP contribution in [-0.2, 0) is 0 Å². The van der Waals surface area contributed by atoms with Gasteiger partial charge in [0.05, 0.1) is 22.8 Å². The zero-order valence-corrected chi connectivity index (χ0v) is 30.7. The molecule has 266 valence electrons. The molecule has 0 aliphatic carbocycles. The molecule has 9 aromatic rings. The van der Waals surface area contributed by atoms with Crippen molar-refractivity contribution in [3.05, 3.63) is 231 Å². The van der Waals surface area contributed by atoms with Crippen LogP contribution in [0, 0.1) is 0 Å². The van der Waals surface area contributed by atoms with Gasteiger partial charge in [0.2, 0.25) is 0 Å². The average molecular weight is 719 g/mol. The lowest BCUT2D eigenvalue weighted by atomic mass is 9.99. The summed E-state index contributed by atoms with van der Waals surface area (Å²) in [6.45, 7) is 0. The third-order valence-electron chi connectivity index (χ3n) is 9.85. The van der Waals surface area contributed by atoms with Gasteiger partial charge in [-0.1, -0.05) is 158 Å². The summed E-state index contributed by atoms with van der Waals surface area (Å²) in [5, 5.41) is 0. The van der Waals surface area contributed by atoms with Crippen LogP contribution in [-0.4, -0.2) is 9.97 Å². The summed E-state index contributed by atoms with van der Waals surface area (Å²) in [4.78, 5) is 15.4. The standard InChI is InChI=1S/C52H38N4/c1-7-19-39(20-8-1)49-50(40-21-9-2-10-22-40)54-52(51(53-49)41-23-11-3-12-24-41)42-31-33-46(34-32-42)56(45-29-17-6-18-30-45)48-37-35-47(36-38-48)55(43-25-13-4-14-26-43)44-27-15-5-16-28-44/h1-38H. The van der Waals surface area contributed by atoms with Gasteiger partial charge in [-0.3, -0.25) is 0 Å². The Bertz CT molecular complexity index is 2600. The van der Waals surface area contributed by atoms with Crippen LogP contribution in [0.1, 0.15) is 0 Å². The summed E-state index contributed by atoms with van der Waals surface area (Å²) < 4.78 is 0. The number of rotatable bonds is 10. The lowest BCUT2D eigenvalue weighted by molar-refractivity contribution is 1.21. The summed E-state index contributed by atoms with van der Waals surface area (Å²) in [6, 6.07) is 80.0. The van der Waals surface area contributed by atoms with E-state index in [9.17, 15) is 0 Å². The number of anilines is 6. The molecule has 0 aliphatic rings. The number of aromatic nitrogens is 2. The van der Waals surface area contributed by atoms with Crippen molar-refractivity contribution < 1.29 is 0 Å². The SMILES string of the molecule is c1ccc(-c2nc(-c3ccccc3)c(-c3ccc(N(c4ccccc4)c4ccc(N(c5ccccc5)c5ccccc5)cc4)cc3)nc2-c2ccccc2)cc1. The zero-order valence-electron chi connectivity index (χ0n) is 30.7. The third kappa shape index (κ3) is 7.07. The van der Waals surface area contributed by atoms with Crippen molar-refractivity contribution >= 4 is 34.1 Å². The van der Waals surface area contributed by atoms with Crippen molar-refractivity contribution in [2.75, 3.05) is 9.80 Å². The van der Waals surface area contributed by atoms with E-state index in [1.807, 2.05) is 18.2 Å². The molecule has 0 atom stereocenters. The van der Waals surface area contributed by atoms with Crippen LogP contribution in [0.2, 0.25) is 0 Å². The summed E-state index contributed by atoms with van der Waals surface area (Å²) in [6.07, 6.45) is 0. The Morgan fingerprint density at radius 2 is 0.393 bits per heavy atom. The highest BCUT2D eigenvalue weighted by Gasteiger charge is 2.21. The van der Waals surface area contributed by atoms with Crippen LogP contribution in [0.3, 0.4) is 0 Å². The predicted molar refractivity (Wildman–Crippen MR) is 233 cm³/mol. The lowest BCUT2D eigenvalue weighted by Gasteiger charge is -2.28. The van der Waals surface area contributed by atoms with E-state index in [0.717, 1.165) is 79.2 Å². The maximum absolute atomic E-state index is 5.45. The van der Waals surface area contributed by atoms with E-state index in [0.29, 0.717) is 0 Å². The molecule has 0 N–H and O–H groups in total. The van der Waals surface area contributed by atoms with Crippen molar-refractivity contribution in [1.29, 1.82) is 0 Å². The highest BCUT2D eigenvalue weighted by Crippen LogP contribution is 2.41. The first-order chi connectivity index (χ1) is 27.8. The van der Waals surface area contributed by atoms with Gasteiger partial charge < -0.3 is 9.80 Å². The van der Waals surface area contributed by atoms with E-state index >= 15 is 0 Å². The summed E-state index contributed by atoms with van der Waals surface area (Å²) in [5.74, 6) is 0. The molecule has 4 nitrogen and oxygen atoms in total. The first-order valence-corrected chi connectivity index (χ1v) is 18.8. The second-order valence-corrected chi connectivity index (χ2v) is 13.5. The number of hydrogen-bond donors (Lipinski definition) is 0. The molecule has 0 spiro atoms. The molecule has 4 heteroatoms. The maximum Gasteiger partial charge on any atom is 0.0973 e. The van der Waals surface area contributed by atoms with Gasteiger partial charge >= 0.3 is 0 Å². The van der Waals surface area contributed by atoms with E-state index in [-0.39, 0.29) is 0 Å². The molecule has 0 fully saturated rings. The Labute approximate surface area is 328 Å². The molecule has 1 heterocycles. The van der Waals surface area contributed by atoms with Crippen molar-refractivity contribution in [1.82, 2.24) is 9.97 Å². The quantitative estimate of drug-likeness (QED) is 0.141. The van der Waals surface area contributed by atoms with Gasteiger partial charge in [-0.05, 0) is 72.8 Å². The summed E-state index contributed by atoms with van der Waals surface area (Å²) >= 11 is 0. The molecular weight excluding hydrogens is 681 g/mol. The van der Waals surface area contributed by atoms with E-state index in [4.69, 9.17) is 9.97 Å². The van der Waals surface area contributed by atoms with Crippen molar-refractivity contribution in [2.24, 2.45) is 0 Å². The van der Waals surface area contributed by atoms with Crippen LogP contribution in [0.4, 0.5) is 34.1 Å². The molecular formula is C52H38N4. The average Bonchev–Trinajstić information content (AvgIpc) is 3.29. The van der Waals surface area contributed by atoms with Gasteiger partial charge in [0.1, 0.15) is 0 Å². The van der Waals surface area contributed by atoms with Gasteiger partial charge in [0.15, 0.2) is 0 Å². The monoisotopic (exact) mass is 718 g/mol. The second kappa shape index (κ2) is 15.8. The molecule has 56 heavy (non-hydrogen) atoms. The topological polar surface area (TPSA) is 32.3 Å². The van der Waals surface area contributed by atoms with Crippen LogP contribution in [0.25, 0.3) is 45.0 Å². The van der Waals surface area contributed by atoms with Crippen LogP contribution >= 0.6 is 0 Å². The fraction of sp³-hybridized carbons (Fsp3) is 0. The Morgan fingerprint density at radius 1 is 0.196 bits per heavy atom. The highest BCUT2D eigenvalue weighted by molar-refractivity contribution is 5.88. The smallest absolute Gasteiger partial charge is 0.0973 e. The number of benzene rings is 8. The van der Waals surface area contributed by atoms with E-state index < -0.39 is 0 Å². The summed E-state index contributed by atoms with van der Waals surface area (Å²) in [7, 11) is 0. The Hall–Kier alpha value is -7.56. The van der Waals surface area contributed by atoms with Crippen molar-refractivity contribution in [3.63, 3.8) is 0 Å². The number of nitrogens with zero attached hydrogens (tertiary/aromatic N) is 4. The first-order valence-electron chi connectivity index (χ1n) is 18.8. The minimum Gasteiger partial charge on any atom is -0.311 e. The molecule has 0 aliphatic heterocycles. The van der Waals surface area contributed by atoms with Gasteiger partial charge in [0, 0.05) is 56.4 Å². The second-order valence-electron chi connectivity index (χ2n) is 13.5. The minimum absolute atomic E-state index is 0.832. The van der Waals surface area contributed by atoms with E-state index in [1.54, 1.807) is 0 Å². The number of hydrogen-bond acceptors (Lipinski definition) is 4. The lowest BCUT2D eigenvalue weighted by Crippen LogP contribution is -2.12. The van der Waals surface area contributed by atoms with Gasteiger partial charge in [0.25, 0.3) is 0 Å². The minimum atomic E-state index is 0.832. The van der Waals surface area contributed by atoms with Gasteiger partial charge in [-0.25, -0.2) is 9.97 Å². The fourth-order valence-electron chi connectivity index (χ4n) is 7.17. The Kier molecular flexibility index (Phi) is 9.66. The maximum atomic E-state index is 5.45. The molecule has 0 saturated carbocycles. The molecule has 0 bridgehead atoms. The molecule has 8 aromatic carbocycles. The fourth-order valence-corrected chi connectivity index (χ4v) is 7.17. The zero-order chi connectivity index (χ0) is 37.5. The molecule has 0 saturated heterocycles. The molecule has 1 aromatic heterocycles. The normalized spacial score (nSPS) is 10.9. The van der Waals surface area contributed by atoms with Gasteiger partial charge in [-0.2, -0.15) is 0 Å². The Balaban J connectivity index is 1.14. The van der Waals surface area contributed by atoms with Crippen molar-refractivity contribution in [3.8, 4) is 45.0 Å². The molecule has 0 radical (unpaired) electrons. The van der Waals surface area contributed by atoms with E-state index in [1.165, 1.54) is 0 Å². The van der Waals surface area contributed by atoms with Crippen LogP contribution in [0.5, 0.6) is 0 Å². The first kappa shape index (κ1) is 34.2. The number of para-hydroxylation sites is 3.